The maximum absolute atomic E-state index is 10.5. The molecule has 0 bridgehead atoms. The van der Waals surface area contributed by atoms with E-state index in [0.717, 1.165) is 34.8 Å². The van der Waals surface area contributed by atoms with Crippen LogP contribution in [0, 0.1) is 0 Å². The highest BCUT2D eigenvalue weighted by atomic mass is 32.1. The first-order valence-electron chi connectivity index (χ1n) is 6.94. The van der Waals surface area contributed by atoms with Gasteiger partial charge in [-0.25, -0.2) is 0 Å². The molecular formula is C16H18O3S. The molecule has 2 heterocycles. The molecule has 0 amide bonds. The van der Waals surface area contributed by atoms with E-state index in [-0.39, 0.29) is 0 Å². The van der Waals surface area contributed by atoms with Crippen molar-refractivity contribution in [1.82, 2.24) is 0 Å². The number of aryl methyl sites for hydroxylation is 1. The summed E-state index contributed by atoms with van der Waals surface area (Å²) < 4.78 is 11.3. The van der Waals surface area contributed by atoms with Gasteiger partial charge in [0.15, 0.2) is 11.5 Å². The third-order valence-electron chi connectivity index (χ3n) is 3.39. The molecule has 1 aliphatic heterocycles. The van der Waals surface area contributed by atoms with Gasteiger partial charge in [0.25, 0.3) is 0 Å². The van der Waals surface area contributed by atoms with Gasteiger partial charge in [-0.3, -0.25) is 0 Å². The highest BCUT2D eigenvalue weighted by Crippen LogP contribution is 2.35. The number of thiophene rings is 1. The van der Waals surface area contributed by atoms with Gasteiger partial charge in [-0.2, -0.15) is 0 Å². The van der Waals surface area contributed by atoms with Crippen LogP contribution in [0.5, 0.6) is 11.5 Å². The molecule has 1 unspecified atom stereocenters. The number of rotatable bonds is 3. The molecule has 1 aliphatic rings. The van der Waals surface area contributed by atoms with E-state index in [1.807, 2.05) is 24.3 Å². The molecule has 1 atom stereocenters. The van der Waals surface area contributed by atoms with E-state index in [1.54, 1.807) is 11.3 Å². The van der Waals surface area contributed by atoms with Crippen molar-refractivity contribution in [3.05, 3.63) is 45.6 Å². The minimum Gasteiger partial charge on any atom is -0.490 e. The Bertz CT molecular complexity index is 591. The van der Waals surface area contributed by atoms with Crippen molar-refractivity contribution in [3.8, 4) is 11.5 Å². The zero-order valence-corrected chi connectivity index (χ0v) is 12.3. The zero-order valence-electron chi connectivity index (χ0n) is 11.5. The number of hydrogen-bond acceptors (Lipinski definition) is 4. The van der Waals surface area contributed by atoms with Crippen molar-refractivity contribution in [1.29, 1.82) is 0 Å². The average molecular weight is 290 g/mol. The molecule has 0 saturated heterocycles. The number of benzene rings is 1. The molecule has 1 aromatic carbocycles. The number of aliphatic hydroxyl groups is 1. The number of fused-ring (bicyclic) bond motifs is 1. The molecule has 4 heteroatoms. The van der Waals surface area contributed by atoms with E-state index >= 15 is 0 Å². The number of hydrogen-bond donors (Lipinski definition) is 1. The highest BCUT2D eigenvalue weighted by molar-refractivity contribution is 7.12. The third kappa shape index (κ3) is 2.67. The van der Waals surface area contributed by atoms with Gasteiger partial charge in [0.1, 0.15) is 6.10 Å². The lowest BCUT2D eigenvalue weighted by Gasteiger charge is -2.13. The normalized spacial score (nSPS) is 15.7. The molecule has 1 N–H and O–H groups in total. The van der Waals surface area contributed by atoms with Gasteiger partial charge in [0.2, 0.25) is 0 Å². The standard InChI is InChI=1S/C16H18O3S/c1-2-12-5-7-15(20-12)16(17)11-4-6-13-14(10-11)19-9-3-8-18-13/h4-7,10,16-17H,2-3,8-9H2,1H3. The summed E-state index contributed by atoms with van der Waals surface area (Å²) in [4.78, 5) is 2.25. The fourth-order valence-electron chi connectivity index (χ4n) is 2.25. The second kappa shape index (κ2) is 5.85. The van der Waals surface area contributed by atoms with Crippen LogP contribution in [-0.2, 0) is 6.42 Å². The first kappa shape index (κ1) is 13.5. The van der Waals surface area contributed by atoms with Crippen LogP contribution < -0.4 is 9.47 Å². The maximum Gasteiger partial charge on any atom is 0.161 e. The molecule has 0 spiro atoms. The van der Waals surface area contributed by atoms with E-state index in [0.29, 0.717) is 13.2 Å². The first-order valence-corrected chi connectivity index (χ1v) is 7.76. The highest BCUT2D eigenvalue weighted by Gasteiger charge is 2.17. The Balaban J connectivity index is 1.87. The molecule has 3 nitrogen and oxygen atoms in total. The molecule has 1 aromatic heterocycles. The Morgan fingerprint density at radius 3 is 2.70 bits per heavy atom. The monoisotopic (exact) mass is 290 g/mol. The van der Waals surface area contributed by atoms with Crippen LogP contribution in [0.25, 0.3) is 0 Å². The zero-order chi connectivity index (χ0) is 13.9. The Labute approximate surface area is 122 Å². The minimum atomic E-state index is -0.600. The van der Waals surface area contributed by atoms with E-state index in [9.17, 15) is 5.11 Å². The Morgan fingerprint density at radius 1 is 1.15 bits per heavy atom. The van der Waals surface area contributed by atoms with Gasteiger partial charge >= 0.3 is 0 Å². The SMILES string of the molecule is CCc1ccc(C(O)c2ccc3c(c2)OCCCO3)s1. The Hall–Kier alpha value is -1.52. The second-order valence-corrected chi connectivity index (χ2v) is 6.02. The molecular weight excluding hydrogens is 272 g/mol. The van der Waals surface area contributed by atoms with E-state index in [4.69, 9.17) is 9.47 Å². The second-order valence-electron chi connectivity index (χ2n) is 4.82. The van der Waals surface area contributed by atoms with E-state index in [1.165, 1.54) is 4.88 Å². The average Bonchev–Trinajstić information content (AvgIpc) is 2.84. The lowest BCUT2D eigenvalue weighted by molar-refractivity contribution is 0.223. The summed E-state index contributed by atoms with van der Waals surface area (Å²) >= 11 is 1.66. The van der Waals surface area contributed by atoms with Crippen LogP contribution in [0.3, 0.4) is 0 Å². The fourth-order valence-corrected chi connectivity index (χ4v) is 3.21. The lowest BCUT2D eigenvalue weighted by atomic mass is 10.1. The summed E-state index contributed by atoms with van der Waals surface area (Å²) in [6.07, 6.45) is 1.29. The predicted octanol–water partition coefficient (Wildman–Crippen LogP) is 3.55. The Morgan fingerprint density at radius 2 is 1.95 bits per heavy atom. The summed E-state index contributed by atoms with van der Waals surface area (Å²) in [5.74, 6) is 1.49. The topological polar surface area (TPSA) is 38.7 Å². The molecule has 2 aromatic rings. The van der Waals surface area contributed by atoms with Gasteiger partial charge in [0, 0.05) is 16.2 Å². The van der Waals surface area contributed by atoms with Crippen molar-refractivity contribution >= 4 is 11.3 Å². The van der Waals surface area contributed by atoms with Crippen molar-refractivity contribution < 1.29 is 14.6 Å². The van der Waals surface area contributed by atoms with Crippen molar-refractivity contribution in [3.63, 3.8) is 0 Å². The third-order valence-corrected chi connectivity index (χ3v) is 4.67. The first-order chi connectivity index (χ1) is 9.78. The predicted molar refractivity (Wildman–Crippen MR) is 79.8 cm³/mol. The number of ether oxygens (including phenoxy) is 2. The van der Waals surface area contributed by atoms with E-state index < -0.39 is 6.10 Å². The summed E-state index contributed by atoms with van der Waals surface area (Å²) in [5, 5.41) is 10.5. The summed E-state index contributed by atoms with van der Waals surface area (Å²) in [6.45, 7) is 3.46. The number of aliphatic hydroxyl groups excluding tert-OH is 1. The molecule has 0 aliphatic carbocycles. The maximum atomic E-state index is 10.5. The van der Waals surface area contributed by atoms with Gasteiger partial charge in [-0.05, 0) is 36.2 Å². The van der Waals surface area contributed by atoms with Crippen LogP contribution in [0.1, 0.15) is 34.8 Å². The molecule has 0 radical (unpaired) electrons. The van der Waals surface area contributed by atoms with Gasteiger partial charge in [0.05, 0.1) is 13.2 Å². The van der Waals surface area contributed by atoms with Gasteiger partial charge in [-0.1, -0.05) is 13.0 Å². The molecule has 0 saturated carbocycles. The van der Waals surface area contributed by atoms with Crippen LogP contribution >= 0.6 is 11.3 Å². The molecule has 106 valence electrons. The van der Waals surface area contributed by atoms with Crippen LogP contribution in [0.2, 0.25) is 0 Å². The summed E-state index contributed by atoms with van der Waals surface area (Å²) in [6, 6.07) is 9.75. The van der Waals surface area contributed by atoms with Gasteiger partial charge < -0.3 is 14.6 Å². The quantitative estimate of drug-likeness (QED) is 0.939. The fraction of sp³-hybridized carbons (Fsp3) is 0.375. The summed E-state index contributed by atoms with van der Waals surface area (Å²) in [5.41, 5.74) is 0.846. The van der Waals surface area contributed by atoms with Crippen molar-refractivity contribution in [2.24, 2.45) is 0 Å². The largest absolute Gasteiger partial charge is 0.490 e. The van der Waals surface area contributed by atoms with Crippen molar-refractivity contribution in [2.45, 2.75) is 25.9 Å². The molecule has 20 heavy (non-hydrogen) atoms. The smallest absolute Gasteiger partial charge is 0.161 e. The van der Waals surface area contributed by atoms with Gasteiger partial charge in [-0.15, -0.1) is 11.3 Å². The van der Waals surface area contributed by atoms with E-state index in [2.05, 4.69) is 13.0 Å². The summed E-state index contributed by atoms with van der Waals surface area (Å²) in [7, 11) is 0. The minimum absolute atomic E-state index is 0.600. The van der Waals surface area contributed by atoms with Crippen LogP contribution in [0.4, 0.5) is 0 Å². The molecule has 3 rings (SSSR count). The van der Waals surface area contributed by atoms with Crippen LogP contribution in [0.15, 0.2) is 30.3 Å². The lowest BCUT2D eigenvalue weighted by Crippen LogP contribution is -1.99. The van der Waals surface area contributed by atoms with Crippen molar-refractivity contribution in [2.75, 3.05) is 13.2 Å². The Kier molecular flexibility index (Phi) is 3.94. The van der Waals surface area contributed by atoms with Crippen LogP contribution in [-0.4, -0.2) is 18.3 Å². The molecule has 0 fully saturated rings.